The summed E-state index contributed by atoms with van der Waals surface area (Å²) >= 11 is 0. The van der Waals surface area contributed by atoms with Crippen molar-refractivity contribution in [1.82, 2.24) is 0 Å². The molecule has 0 N–H and O–H groups in total. The van der Waals surface area contributed by atoms with Crippen LogP contribution in [0, 0.1) is 5.92 Å². The summed E-state index contributed by atoms with van der Waals surface area (Å²) in [5, 5.41) is 0. The molecule has 0 aliphatic heterocycles. The van der Waals surface area contributed by atoms with Crippen LogP contribution in [-0.2, 0) is 16.0 Å². The van der Waals surface area contributed by atoms with Gasteiger partial charge in [0.25, 0.3) is 0 Å². The lowest BCUT2D eigenvalue weighted by Gasteiger charge is -2.15. The first kappa shape index (κ1) is 16.4. The fraction of sp³-hybridized carbons (Fsp3) is 0.529. The number of benzene rings is 1. The molecule has 0 heterocycles. The van der Waals surface area contributed by atoms with Crippen molar-refractivity contribution in [3.05, 3.63) is 35.9 Å². The lowest BCUT2D eigenvalue weighted by atomic mass is 9.97. The van der Waals surface area contributed by atoms with E-state index in [1.165, 1.54) is 5.56 Å². The third-order valence-corrected chi connectivity index (χ3v) is 3.19. The van der Waals surface area contributed by atoms with Crippen molar-refractivity contribution >= 4 is 11.7 Å². The molecule has 0 aliphatic rings. The standard InChI is InChI=1S/C17H25NO2/c1-12(2)20-17(19)15(5)18-14(4)13(3)11-16-9-7-6-8-10-16/h6-10,12-13,15H,11H2,1-5H3. The molecule has 0 spiro atoms. The first-order valence-electron chi connectivity index (χ1n) is 7.18. The van der Waals surface area contributed by atoms with Crippen LogP contribution >= 0.6 is 0 Å². The van der Waals surface area contributed by atoms with E-state index in [0.29, 0.717) is 5.92 Å². The number of carbonyl (C=O) groups is 1. The second-order valence-electron chi connectivity index (χ2n) is 5.52. The number of hydrogen-bond donors (Lipinski definition) is 0. The summed E-state index contributed by atoms with van der Waals surface area (Å²) in [5.41, 5.74) is 2.27. The minimum Gasteiger partial charge on any atom is -0.461 e. The fourth-order valence-electron chi connectivity index (χ4n) is 1.93. The van der Waals surface area contributed by atoms with E-state index in [2.05, 4.69) is 24.0 Å². The smallest absolute Gasteiger partial charge is 0.330 e. The SMILES string of the molecule is CC(=NC(C)C(=O)OC(C)C)C(C)Cc1ccccc1. The maximum Gasteiger partial charge on any atom is 0.330 e. The normalized spacial score (nSPS) is 15.0. The van der Waals surface area contributed by atoms with Gasteiger partial charge in [0.15, 0.2) is 0 Å². The van der Waals surface area contributed by atoms with Gasteiger partial charge in [-0.2, -0.15) is 0 Å². The van der Waals surface area contributed by atoms with Gasteiger partial charge in [0.2, 0.25) is 0 Å². The van der Waals surface area contributed by atoms with E-state index in [1.54, 1.807) is 6.92 Å². The van der Waals surface area contributed by atoms with Crippen LogP contribution in [-0.4, -0.2) is 23.8 Å². The zero-order chi connectivity index (χ0) is 15.1. The lowest BCUT2D eigenvalue weighted by molar-refractivity contribution is -0.148. The summed E-state index contributed by atoms with van der Waals surface area (Å²) in [5.74, 6) is 0.0537. The summed E-state index contributed by atoms with van der Waals surface area (Å²) in [4.78, 5) is 16.2. The minimum absolute atomic E-state index is 0.0952. The van der Waals surface area contributed by atoms with Crippen molar-refractivity contribution in [2.24, 2.45) is 10.9 Å². The topological polar surface area (TPSA) is 38.7 Å². The summed E-state index contributed by atoms with van der Waals surface area (Å²) < 4.78 is 5.16. The van der Waals surface area contributed by atoms with Gasteiger partial charge in [0, 0.05) is 5.71 Å². The Bertz CT molecular complexity index is 451. The van der Waals surface area contributed by atoms with Crippen molar-refractivity contribution < 1.29 is 9.53 Å². The molecule has 2 unspecified atom stereocenters. The second-order valence-corrected chi connectivity index (χ2v) is 5.52. The van der Waals surface area contributed by atoms with Crippen LogP contribution in [0.4, 0.5) is 0 Å². The molecule has 0 saturated carbocycles. The van der Waals surface area contributed by atoms with E-state index in [1.807, 2.05) is 39.0 Å². The number of esters is 1. The number of hydrogen-bond acceptors (Lipinski definition) is 3. The molecule has 0 amide bonds. The quantitative estimate of drug-likeness (QED) is 0.587. The molecule has 0 bridgehead atoms. The molecule has 0 saturated heterocycles. The van der Waals surface area contributed by atoms with Crippen LogP contribution in [0.15, 0.2) is 35.3 Å². The van der Waals surface area contributed by atoms with Gasteiger partial charge in [0.05, 0.1) is 6.10 Å². The highest BCUT2D eigenvalue weighted by Crippen LogP contribution is 2.11. The van der Waals surface area contributed by atoms with E-state index < -0.39 is 6.04 Å². The van der Waals surface area contributed by atoms with E-state index in [9.17, 15) is 4.79 Å². The molecule has 0 fully saturated rings. The van der Waals surface area contributed by atoms with E-state index in [4.69, 9.17) is 4.74 Å². The van der Waals surface area contributed by atoms with Crippen LogP contribution in [0.25, 0.3) is 0 Å². The third-order valence-electron chi connectivity index (χ3n) is 3.19. The molecule has 3 nitrogen and oxygen atoms in total. The summed E-state index contributed by atoms with van der Waals surface area (Å²) in [7, 11) is 0. The highest BCUT2D eigenvalue weighted by molar-refractivity contribution is 5.87. The predicted molar refractivity (Wildman–Crippen MR) is 83.1 cm³/mol. The van der Waals surface area contributed by atoms with Crippen LogP contribution in [0.5, 0.6) is 0 Å². The average Bonchev–Trinajstić information content (AvgIpc) is 2.38. The molecular weight excluding hydrogens is 250 g/mol. The molecule has 0 radical (unpaired) electrons. The van der Waals surface area contributed by atoms with Crippen molar-refractivity contribution in [1.29, 1.82) is 0 Å². The molecule has 0 aromatic heterocycles. The third kappa shape index (κ3) is 5.55. The number of carbonyl (C=O) groups excluding carboxylic acids is 1. The van der Waals surface area contributed by atoms with Gasteiger partial charge in [0.1, 0.15) is 6.04 Å². The highest BCUT2D eigenvalue weighted by atomic mass is 16.5. The number of aliphatic imine (C=N–C) groups is 1. The second kappa shape index (κ2) is 7.83. The fourth-order valence-corrected chi connectivity index (χ4v) is 1.93. The predicted octanol–water partition coefficient (Wildman–Crippen LogP) is 3.67. The van der Waals surface area contributed by atoms with Crippen molar-refractivity contribution in [2.45, 2.75) is 53.2 Å². The maximum absolute atomic E-state index is 11.7. The van der Waals surface area contributed by atoms with Gasteiger partial charge in [-0.1, -0.05) is 37.3 Å². The molecule has 1 aromatic rings. The maximum atomic E-state index is 11.7. The van der Waals surface area contributed by atoms with Crippen molar-refractivity contribution in [3.8, 4) is 0 Å². The summed E-state index contributed by atoms with van der Waals surface area (Å²) in [6.45, 7) is 9.58. The van der Waals surface area contributed by atoms with E-state index in [-0.39, 0.29) is 12.1 Å². The summed E-state index contributed by atoms with van der Waals surface area (Å²) in [6.07, 6.45) is 0.837. The Morgan fingerprint density at radius 2 is 1.75 bits per heavy atom. The minimum atomic E-state index is -0.435. The van der Waals surface area contributed by atoms with Gasteiger partial charge < -0.3 is 4.74 Å². The zero-order valence-corrected chi connectivity index (χ0v) is 13.1. The molecule has 1 aromatic carbocycles. The molecule has 2 atom stereocenters. The number of ether oxygens (including phenoxy) is 1. The molecule has 20 heavy (non-hydrogen) atoms. The monoisotopic (exact) mass is 275 g/mol. The Balaban J connectivity index is 2.61. The van der Waals surface area contributed by atoms with Crippen LogP contribution in [0.3, 0.4) is 0 Å². The van der Waals surface area contributed by atoms with Gasteiger partial charge in [-0.15, -0.1) is 0 Å². The Kier molecular flexibility index (Phi) is 6.43. The Labute approximate surface area is 122 Å². The van der Waals surface area contributed by atoms with Gasteiger partial charge in [-0.3, -0.25) is 4.99 Å². The zero-order valence-electron chi connectivity index (χ0n) is 13.1. The Morgan fingerprint density at radius 1 is 1.15 bits per heavy atom. The molecule has 3 heteroatoms. The van der Waals surface area contributed by atoms with Gasteiger partial charge in [-0.25, -0.2) is 4.79 Å². The Hall–Kier alpha value is -1.64. The van der Waals surface area contributed by atoms with Crippen LogP contribution in [0.1, 0.15) is 40.2 Å². The Morgan fingerprint density at radius 3 is 2.30 bits per heavy atom. The molecular formula is C17H25NO2. The van der Waals surface area contributed by atoms with Crippen LogP contribution in [0.2, 0.25) is 0 Å². The summed E-state index contributed by atoms with van der Waals surface area (Å²) in [6, 6.07) is 9.88. The van der Waals surface area contributed by atoms with Crippen molar-refractivity contribution in [3.63, 3.8) is 0 Å². The number of nitrogens with zero attached hydrogens (tertiary/aromatic N) is 1. The first-order valence-corrected chi connectivity index (χ1v) is 7.18. The van der Waals surface area contributed by atoms with Crippen molar-refractivity contribution in [2.75, 3.05) is 0 Å². The average molecular weight is 275 g/mol. The van der Waals surface area contributed by atoms with Gasteiger partial charge >= 0.3 is 5.97 Å². The van der Waals surface area contributed by atoms with E-state index >= 15 is 0 Å². The first-order chi connectivity index (χ1) is 9.40. The number of rotatable bonds is 6. The molecule has 0 aliphatic carbocycles. The lowest BCUT2D eigenvalue weighted by Crippen LogP contribution is -2.24. The largest absolute Gasteiger partial charge is 0.461 e. The molecule has 110 valence electrons. The highest BCUT2D eigenvalue weighted by Gasteiger charge is 2.16. The van der Waals surface area contributed by atoms with E-state index in [0.717, 1.165) is 12.1 Å². The molecule has 1 rings (SSSR count). The van der Waals surface area contributed by atoms with Crippen LogP contribution < -0.4 is 0 Å². The van der Waals surface area contributed by atoms with Gasteiger partial charge in [-0.05, 0) is 45.6 Å².